The molecule has 0 heterocycles. The Kier molecular flexibility index (Phi) is 9.18. The summed E-state index contributed by atoms with van der Waals surface area (Å²) in [5.41, 5.74) is 0. The minimum atomic E-state index is 0.471. The Morgan fingerprint density at radius 1 is 1.46 bits per heavy atom. The molecular formula is C11H21NO. The number of ether oxygens (including phenoxy) is 1. The zero-order valence-electron chi connectivity index (χ0n) is 8.81. The van der Waals surface area contributed by atoms with Crippen LogP contribution in [0.15, 0.2) is 0 Å². The van der Waals surface area contributed by atoms with Gasteiger partial charge in [-0.2, -0.15) is 0 Å². The van der Waals surface area contributed by atoms with E-state index in [4.69, 9.17) is 11.2 Å². The summed E-state index contributed by atoms with van der Waals surface area (Å²) in [5, 5.41) is 3.38. The van der Waals surface area contributed by atoms with Crippen LogP contribution >= 0.6 is 0 Å². The van der Waals surface area contributed by atoms with Crippen molar-refractivity contribution in [3.05, 3.63) is 0 Å². The summed E-state index contributed by atoms with van der Waals surface area (Å²) in [6.07, 6.45) is 8.25. The quantitative estimate of drug-likeness (QED) is 0.458. The van der Waals surface area contributed by atoms with Gasteiger partial charge in [0.2, 0.25) is 0 Å². The zero-order chi connectivity index (χ0) is 9.94. The first-order chi connectivity index (χ1) is 6.35. The van der Waals surface area contributed by atoms with Crippen LogP contribution < -0.4 is 5.32 Å². The molecule has 0 saturated carbocycles. The van der Waals surface area contributed by atoms with E-state index >= 15 is 0 Å². The molecular weight excluding hydrogens is 162 g/mol. The van der Waals surface area contributed by atoms with Crippen molar-refractivity contribution in [2.75, 3.05) is 19.8 Å². The van der Waals surface area contributed by atoms with Gasteiger partial charge in [-0.25, -0.2) is 0 Å². The Labute approximate surface area is 82.1 Å². The van der Waals surface area contributed by atoms with Gasteiger partial charge in [0.05, 0.1) is 6.61 Å². The van der Waals surface area contributed by atoms with E-state index in [-0.39, 0.29) is 0 Å². The van der Waals surface area contributed by atoms with Gasteiger partial charge in [0.25, 0.3) is 0 Å². The summed E-state index contributed by atoms with van der Waals surface area (Å²) in [7, 11) is 0. The maximum atomic E-state index is 5.36. The Morgan fingerprint density at radius 3 is 2.77 bits per heavy atom. The molecule has 0 saturated heterocycles. The predicted molar refractivity (Wildman–Crippen MR) is 56.6 cm³/mol. The molecule has 0 fully saturated rings. The molecule has 13 heavy (non-hydrogen) atoms. The molecule has 0 amide bonds. The van der Waals surface area contributed by atoms with E-state index in [9.17, 15) is 0 Å². The van der Waals surface area contributed by atoms with Crippen molar-refractivity contribution >= 4 is 0 Å². The van der Waals surface area contributed by atoms with Crippen LogP contribution in [0, 0.1) is 12.3 Å². The van der Waals surface area contributed by atoms with Gasteiger partial charge in [-0.05, 0) is 26.3 Å². The van der Waals surface area contributed by atoms with Crippen LogP contribution in [0.2, 0.25) is 0 Å². The summed E-state index contributed by atoms with van der Waals surface area (Å²) in [6.45, 7) is 6.71. The fraction of sp³-hybridized carbons (Fsp3) is 0.818. The number of rotatable bonds is 8. The molecule has 0 aliphatic rings. The number of likely N-dealkylation sites (N-methyl/N-ethyl adjacent to an activating group) is 1. The lowest BCUT2D eigenvalue weighted by atomic mass is 10.1. The number of unbranched alkanes of at least 4 members (excludes halogenated alkanes) is 1. The summed E-state index contributed by atoms with van der Waals surface area (Å²) >= 11 is 0. The van der Waals surface area contributed by atoms with Gasteiger partial charge < -0.3 is 10.1 Å². The molecule has 0 bridgehead atoms. The summed E-state index contributed by atoms with van der Waals surface area (Å²) in [4.78, 5) is 0. The third-order valence-electron chi connectivity index (χ3n) is 1.89. The van der Waals surface area contributed by atoms with Crippen LogP contribution in [0.4, 0.5) is 0 Å². The van der Waals surface area contributed by atoms with Crippen molar-refractivity contribution in [3.8, 4) is 12.3 Å². The molecule has 0 aliphatic heterocycles. The van der Waals surface area contributed by atoms with Gasteiger partial charge >= 0.3 is 0 Å². The van der Waals surface area contributed by atoms with Crippen molar-refractivity contribution in [2.45, 2.75) is 39.2 Å². The van der Waals surface area contributed by atoms with Crippen LogP contribution in [0.5, 0.6) is 0 Å². The molecule has 2 heteroatoms. The van der Waals surface area contributed by atoms with Gasteiger partial charge in [0.15, 0.2) is 0 Å². The van der Waals surface area contributed by atoms with E-state index in [1.165, 1.54) is 0 Å². The average Bonchev–Trinajstić information content (AvgIpc) is 2.14. The number of nitrogens with one attached hydrogen (secondary N) is 1. The molecule has 1 unspecified atom stereocenters. The van der Waals surface area contributed by atoms with Gasteiger partial charge in [-0.3, -0.25) is 0 Å². The highest BCUT2D eigenvalue weighted by atomic mass is 16.5. The number of hydrogen-bond donors (Lipinski definition) is 1. The van der Waals surface area contributed by atoms with E-state index in [0.29, 0.717) is 6.04 Å². The molecule has 1 N–H and O–H groups in total. The fourth-order valence-electron chi connectivity index (χ4n) is 1.24. The number of terminal acetylenes is 1. The van der Waals surface area contributed by atoms with Gasteiger partial charge in [-0.15, -0.1) is 12.3 Å². The molecule has 0 aromatic rings. The van der Waals surface area contributed by atoms with Crippen molar-refractivity contribution in [1.29, 1.82) is 0 Å². The standard InChI is InChI=1S/C11H21NO/c1-4-7-8-9-11(12-5-2)10-13-6-3/h1,11-12H,5-10H2,2-3H3. The minimum absolute atomic E-state index is 0.471. The lowest BCUT2D eigenvalue weighted by Gasteiger charge is -2.16. The molecule has 0 radical (unpaired) electrons. The van der Waals surface area contributed by atoms with Crippen LogP contribution in [0.25, 0.3) is 0 Å². The van der Waals surface area contributed by atoms with Crippen molar-refractivity contribution in [2.24, 2.45) is 0 Å². The maximum absolute atomic E-state index is 5.36. The van der Waals surface area contributed by atoms with E-state index < -0.39 is 0 Å². The van der Waals surface area contributed by atoms with Gasteiger partial charge in [0.1, 0.15) is 0 Å². The molecule has 2 nitrogen and oxygen atoms in total. The molecule has 0 aromatic carbocycles. The summed E-state index contributed by atoms with van der Waals surface area (Å²) in [5.74, 6) is 2.65. The second kappa shape index (κ2) is 9.57. The third-order valence-corrected chi connectivity index (χ3v) is 1.89. The van der Waals surface area contributed by atoms with E-state index in [1.54, 1.807) is 0 Å². The van der Waals surface area contributed by atoms with Gasteiger partial charge in [0, 0.05) is 19.1 Å². The molecule has 1 atom stereocenters. The molecule has 0 aliphatic carbocycles. The van der Waals surface area contributed by atoms with E-state index in [2.05, 4.69) is 18.2 Å². The first kappa shape index (κ1) is 12.5. The zero-order valence-corrected chi connectivity index (χ0v) is 8.81. The lowest BCUT2D eigenvalue weighted by Crippen LogP contribution is -2.33. The van der Waals surface area contributed by atoms with Crippen molar-refractivity contribution < 1.29 is 4.74 Å². The molecule has 0 rings (SSSR count). The van der Waals surface area contributed by atoms with Gasteiger partial charge in [-0.1, -0.05) is 6.92 Å². The van der Waals surface area contributed by atoms with E-state index in [0.717, 1.165) is 39.0 Å². The van der Waals surface area contributed by atoms with E-state index in [1.807, 2.05) is 6.92 Å². The number of hydrogen-bond acceptors (Lipinski definition) is 2. The Hall–Kier alpha value is -0.520. The van der Waals surface area contributed by atoms with Crippen LogP contribution in [-0.4, -0.2) is 25.8 Å². The smallest absolute Gasteiger partial charge is 0.0619 e. The average molecular weight is 183 g/mol. The van der Waals surface area contributed by atoms with Crippen LogP contribution in [0.1, 0.15) is 33.1 Å². The van der Waals surface area contributed by atoms with Crippen LogP contribution in [0.3, 0.4) is 0 Å². The summed E-state index contributed by atoms with van der Waals surface area (Å²) in [6, 6.07) is 0.471. The lowest BCUT2D eigenvalue weighted by molar-refractivity contribution is 0.120. The first-order valence-corrected chi connectivity index (χ1v) is 5.09. The van der Waals surface area contributed by atoms with Crippen molar-refractivity contribution in [3.63, 3.8) is 0 Å². The normalized spacial score (nSPS) is 12.4. The topological polar surface area (TPSA) is 21.3 Å². The fourth-order valence-corrected chi connectivity index (χ4v) is 1.24. The molecule has 0 aromatic heterocycles. The maximum Gasteiger partial charge on any atom is 0.0619 e. The highest BCUT2D eigenvalue weighted by Crippen LogP contribution is 2.00. The summed E-state index contributed by atoms with van der Waals surface area (Å²) < 4.78 is 5.36. The first-order valence-electron chi connectivity index (χ1n) is 5.09. The van der Waals surface area contributed by atoms with Crippen LogP contribution in [-0.2, 0) is 4.74 Å². The predicted octanol–water partition coefficient (Wildman–Crippen LogP) is 1.80. The Bertz CT molecular complexity index is 140. The molecule has 0 spiro atoms. The second-order valence-corrected chi connectivity index (χ2v) is 3.01. The van der Waals surface area contributed by atoms with Crippen molar-refractivity contribution in [1.82, 2.24) is 5.32 Å². The second-order valence-electron chi connectivity index (χ2n) is 3.01. The highest BCUT2D eigenvalue weighted by molar-refractivity contribution is 4.83. The third kappa shape index (κ3) is 7.83. The Balaban J connectivity index is 3.48. The molecule has 76 valence electrons. The monoisotopic (exact) mass is 183 g/mol. The minimum Gasteiger partial charge on any atom is -0.380 e. The largest absolute Gasteiger partial charge is 0.380 e. The highest BCUT2D eigenvalue weighted by Gasteiger charge is 2.05. The SMILES string of the molecule is C#CCCCC(COCC)NCC. The Morgan fingerprint density at radius 2 is 2.23 bits per heavy atom.